The highest BCUT2D eigenvalue weighted by molar-refractivity contribution is 7.90. The van der Waals surface area contributed by atoms with E-state index < -0.39 is 15.5 Å². The molecule has 0 aliphatic heterocycles. The summed E-state index contributed by atoms with van der Waals surface area (Å²) >= 11 is 0. The topological polar surface area (TPSA) is 48.2 Å². The molecule has 0 saturated carbocycles. The van der Waals surface area contributed by atoms with Gasteiger partial charge in [-0.15, -0.1) is 4.72 Å². The van der Waals surface area contributed by atoms with E-state index in [4.69, 9.17) is 0 Å². The van der Waals surface area contributed by atoms with Gasteiger partial charge in [-0.1, -0.05) is 19.8 Å². The van der Waals surface area contributed by atoms with Gasteiger partial charge in [-0.2, -0.15) is 13.2 Å². The van der Waals surface area contributed by atoms with E-state index in [0.29, 0.717) is 12.8 Å². The molecule has 3 nitrogen and oxygen atoms in total. The van der Waals surface area contributed by atoms with E-state index in [-0.39, 0.29) is 6.54 Å². The normalized spacial score (nSPS) is 13.2. The molecule has 0 aromatic rings. The van der Waals surface area contributed by atoms with Gasteiger partial charge in [0.15, 0.2) is 0 Å². The Morgan fingerprint density at radius 3 is 2.15 bits per heavy atom. The van der Waals surface area contributed by atoms with Gasteiger partial charge in [-0.25, -0.2) is 8.42 Å². The summed E-state index contributed by atoms with van der Waals surface area (Å²) in [6.07, 6.45) is 1.85. The molecule has 0 saturated heterocycles. The molecule has 0 atom stereocenters. The fourth-order valence-corrected chi connectivity index (χ4v) is 1.14. The number of rotatable bonds is 5. The lowest BCUT2D eigenvalue weighted by molar-refractivity contribution is -0.0448. The Kier molecular flexibility index (Phi) is 4.69. The van der Waals surface area contributed by atoms with Crippen molar-refractivity contribution in [1.82, 2.24) is 4.72 Å². The summed E-state index contributed by atoms with van der Waals surface area (Å²) in [6.45, 7) is 1.58. The van der Waals surface area contributed by atoms with Crippen molar-refractivity contribution in [2.45, 2.75) is 31.7 Å². The largest absolute Gasteiger partial charge is 0.512 e. The molecule has 1 radical (unpaired) electrons. The van der Waals surface area contributed by atoms with E-state index >= 15 is 0 Å². The number of alkyl halides is 3. The summed E-state index contributed by atoms with van der Waals surface area (Å²) in [6, 6.07) is 0. The lowest BCUT2D eigenvalue weighted by Crippen LogP contribution is -2.32. The molecule has 0 fully saturated rings. The Labute approximate surface area is 75.4 Å². The van der Waals surface area contributed by atoms with E-state index in [9.17, 15) is 21.6 Å². The molecule has 0 unspecified atom stereocenters. The van der Waals surface area contributed by atoms with Crippen molar-refractivity contribution in [3.05, 3.63) is 0 Å². The molecule has 0 aromatic heterocycles. The average Bonchev–Trinajstić information content (AvgIpc) is 1.96. The second kappa shape index (κ2) is 4.80. The van der Waals surface area contributed by atoms with Crippen LogP contribution < -0.4 is 4.72 Å². The average molecular weight is 218 g/mol. The minimum absolute atomic E-state index is 0.282. The maximum absolute atomic E-state index is 11.7. The number of nitrogens with zero attached hydrogens (tertiary/aromatic N) is 1. The highest BCUT2D eigenvalue weighted by Crippen LogP contribution is 2.22. The smallest absolute Gasteiger partial charge is 0.201 e. The third kappa shape index (κ3) is 4.47. The van der Waals surface area contributed by atoms with Gasteiger partial charge in [-0.05, 0) is 6.42 Å². The van der Waals surface area contributed by atoms with Crippen molar-refractivity contribution in [2.24, 2.45) is 0 Å². The molecule has 0 N–H and O–H groups in total. The van der Waals surface area contributed by atoms with Crippen molar-refractivity contribution in [3.8, 4) is 0 Å². The highest BCUT2D eigenvalue weighted by Gasteiger charge is 2.46. The number of hydrogen-bond donors (Lipinski definition) is 0. The van der Waals surface area contributed by atoms with Crippen molar-refractivity contribution >= 4 is 10.0 Å². The van der Waals surface area contributed by atoms with Crippen LogP contribution in [0.3, 0.4) is 0 Å². The van der Waals surface area contributed by atoms with Crippen LogP contribution in [0.2, 0.25) is 0 Å². The number of halogens is 3. The van der Waals surface area contributed by atoms with Crippen molar-refractivity contribution in [1.29, 1.82) is 0 Å². The predicted octanol–water partition coefficient (Wildman–Crippen LogP) is 1.63. The summed E-state index contributed by atoms with van der Waals surface area (Å²) in [4.78, 5) is 0. The molecule has 0 amide bonds. The Hall–Kier alpha value is -0.300. The first-order valence-corrected chi connectivity index (χ1v) is 5.25. The molecule has 13 heavy (non-hydrogen) atoms. The summed E-state index contributed by atoms with van der Waals surface area (Å²) in [5.74, 6) is 0. The summed E-state index contributed by atoms with van der Waals surface area (Å²) < 4.78 is 58.2. The van der Waals surface area contributed by atoms with Crippen LogP contribution in [0.5, 0.6) is 0 Å². The third-order valence-electron chi connectivity index (χ3n) is 1.32. The summed E-state index contributed by atoms with van der Waals surface area (Å²) in [5.41, 5.74) is -5.25. The first-order valence-electron chi connectivity index (χ1n) is 3.81. The minimum atomic E-state index is -5.25. The van der Waals surface area contributed by atoms with Gasteiger partial charge in [0.1, 0.15) is 0 Å². The van der Waals surface area contributed by atoms with Crippen molar-refractivity contribution in [3.63, 3.8) is 0 Å². The molecule has 0 rings (SSSR count). The van der Waals surface area contributed by atoms with Gasteiger partial charge in [0.25, 0.3) is 0 Å². The van der Waals surface area contributed by atoms with Crippen molar-refractivity contribution in [2.75, 3.05) is 6.54 Å². The molecule has 79 valence electrons. The first kappa shape index (κ1) is 12.7. The van der Waals surface area contributed by atoms with Crippen LogP contribution in [0.15, 0.2) is 0 Å². The van der Waals surface area contributed by atoms with Gasteiger partial charge in [0.05, 0.1) is 0 Å². The van der Waals surface area contributed by atoms with Crippen LogP contribution in [0.4, 0.5) is 13.2 Å². The van der Waals surface area contributed by atoms with Crippen LogP contribution in [0, 0.1) is 0 Å². The Bertz CT molecular complexity index is 235. The molecule has 0 heterocycles. The van der Waals surface area contributed by atoms with Crippen molar-refractivity contribution < 1.29 is 21.6 Å². The highest BCUT2D eigenvalue weighted by atomic mass is 32.2. The van der Waals surface area contributed by atoms with E-state index in [1.807, 2.05) is 6.92 Å². The SMILES string of the molecule is CCCCC[N]S(=O)(=O)C(F)(F)F. The lowest BCUT2D eigenvalue weighted by Gasteiger charge is -2.06. The fraction of sp³-hybridized carbons (Fsp3) is 1.00. The van der Waals surface area contributed by atoms with Gasteiger partial charge >= 0.3 is 15.5 Å². The fourth-order valence-electron chi connectivity index (χ4n) is 0.620. The molecule has 7 heteroatoms. The van der Waals surface area contributed by atoms with Crippen LogP contribution in [-0.4, -0.2) is 20.5 Å². The van der Waals surface area contributed by atoms with E-state index in [2.05, 4.69) is 4.72 Å². The minimum Gasteiger partial charge on any atom is -0.201 e. The second-order valence-corrected chi connectivity index (χ2v) is 4.15. The zero-order chi connectivity index (χ0) is 10.5. The number of hydrogen-bond acceptors (Lipinski definition) is 2. The van der Waals surface area contributed by atoms with Crippen LogP contribution in [-0.2, 0) is 10.0 Å². The summed E-state index contributed by atoms with van der Waals surface area (Å²) in [7, 11) is -5.25. The van der Waals surface area contributed by atoms with Crippen LogP contribution >= 0.6 is 0 Å². The molecular weight excluding hydrogens is 207 g/mol. The van der Waals surface area contributed by atoms with E-state index in [1.54, 1.807) is 0 Å². The predicted molar refractivity (Wildman–Crippen MR) is 41.5 cm³/mol. The number of unbranched alkanes of at least 4 members (excludes halogenated alkanes) is 2. The third-order valence-corrected chi connectivity index (χ3v) is 2.42. The lowest BCUT2D eigenvalue weighted by atomic mass is 10.3. The quantitative estimate of drug-likeness (QED) is 0.658. The standard InChI is InChI=1S/C6H11F3NO2S/c1-2-3-4-5-10-13(11,12)6(7,8)9/h2-5H2,1H3. The Morgan fingerprint density at radius 1 is 1.23 bits per heavy atom. The first-order chi connectivity index (χ1) is 5.81. The molecule has 0 aliphatic carbocycles. The zero-order valence-electron chi connectivity index (χ0n) is 7.13. The molecular formula is C6H11F3NO2S. The maximum atomic E-state index is 11.7. The summed E-state index contributed by atoms with van der Waals surface area (Å²) in [5, 5.41) is 0. The molecule has 0 aromatic carbocycles. The molecule has 0 spiro atoms. The van der Waals surface area contributed by atoms with Gasteiger partial charge in [0, 0.05) is 6.54 Å². The second-order valence-electron chi connectivity index (χ2n) is 2.48. The van der Waals surface area contributed by atoms with E-state index in [1.165, 1.54) is 0 Å². The molecule has 0 aliphatic rings. The van der Waals surface area contributed by atoms with Gasteiger partial charge in [0.2, 0.25) is 0 Å². The number of sulfonamides is 1. The zero-order valence-corrected chi connectivity index (χ0v) is 7.95. The van der Waals surface area contributed by atoms with Crippen LogP contribution in [0.1, 0.15) is 26.2 Å². The van der Waals surface area contributed by atoms with Gasteiger partial charge in [-0.3, -0.25) is 0 Å². The Morgan fingerprint density at radius 2 is 1.77 bits per heavy atom. The molecule has 0 bridgehead atoms. The van der Waals surface area contributed by atoms with E-state index in [0.717, 1.165) is 6.42 Å². The Balaban J connectivity index is 3.92. The monoisotopic (exact) mass is 218 g/mol. The van der Waals surface area contributed by atoms with Gasteiger partial charge < -0.3 is 0 Å². The van der Waals surface area contributed by atoms with Crippen LogP contribution in [0.25, 0.3) is 0 Å². The maximum Gasteiger partial charge on any atom is 0.512 e.